The lowest BCUT2D eigenvalue weighted by atomic mass is 9.86. The van der Waals surface area contributed by atoms with Crippen LogP contribution in [-0.2, 0) is 4.79 Å². The number of hydrogen-bond acceptors (Lipinski definition) is 3. The molecule has 120 valence electrons. The van der Waals surface area contributed by atoms with E-state index in [0.29, 0.717) is 44.1 Å². The van der Waals surface area contributed by atoms with Gasteiger partial charge in [-0.1, -0.05) is 19.3 Å². The van der Waals surface area contributed by atoms with Gasteiger partial charge in [0.05, 0.1) is 11.8 Å². The molecule has 0 bridgehead atoms. The Bertz CT molecular complexity index is 498. The maximum Gasteiger partial charge on any atom is 0.257 e. The molecule has 22 heavy (non-hydrogen) atoms. The summed E-state index contributed by atoms with van der Waals surface area (Å²) in [7, 11) is 0. The van der Waals surface area contributed by atoms with Crippen molar-refractivity contribution in [1.82, 2.24) is 9.80 Å². The number of nitrogens with zero attached hydrogens (tertiary/aromatic N) is 2. The molecule has 1 aliphatic carbocycles. The van der Waals surface area contributed by atoms with Gasteiger partial charge in [-0.25, -0.2) is 0 Å². The Balaban J connectivity index is 1.46. The van der Waals surface area contributed by atoms with Crippen LogP contribution in [-0.4, -0.2) is 47.8 Å². The van der Waals surface area contributed by atoms with Gasteiger partial charge < -0.3 is 14.2 Å². The molecule has 0 unspecified atom stereocenters. The second-order valence-corrected chi connectivity index (χ2v) is 6.39. The van der Waals surface area contributed by atoms with Crippen LogP contribution in [0, 0.1) is 5.92 Å². The van der Waals surface area contributed by atoms with Crippen molar-refractivity contribution in [2.24, 2.45) is 5.92 Å². The maximum absolute atomic E-state index is 12.4. The Labute approximate surface area is 131 Å². The van der Waals surface area contributed by atoms with E-state index in [4.69, 9.17) is 4.42 Å². The lowest BCUT2D eigenvalue weighted by Crippen LogP contribution is -2.50. The monoisotopic (exact) mass is 304 g/mol. The van der Waals surface area contributed by atoms with Crippen molar-refractivity contribution in [3.05, 3.63) is 24.2 Å². The number of amides is 2. The number of carbonyl (C=O) groups excluding carboxylic acids is 2. The van der Waals surface area contributed by atoms with Crippen LogP contribution in [0.2, 0.25) is 0 Å². The van der Waals surface area contributed by atoms with E-state index in [1.54, 1.807) is 11.0 Å². The fourth-order valence-corrected chi connectivity index (χ4v) is 3.49. The molecular formula is C17H24N2O3. The minimum Gasteiger partial charge on any atom is -0.472 e. The molecule has 0 atom stereocenters. The van der Waals surface area contributed by atoms with Gasteiger partial charge in [0.25, 0.3) is 5.91 Å². The predicted molar refractivity (Wildman–Crippen MR) is 82.4 cm³/mol. The van der Waals surface area contributed by atoms with Gasteiger partial charge in [0.2, 0.25) is 5.91 Å². The highest BCUT2D eigenvalue weighted by atomic mass is 16.3. The first-order chi connectivity index (χ1) is 10.7. The van der Waals surface area contributed by atoms with Gasteiger partial charge in [0.15, 0.2) is 0 Å². The maximum atomic E-state index is 12.4. The fraction of sp³-hybridized carbons (Fsp3) is 0.647. The largest absolute Gasteiger partial charge is 0.472 e. The molecule has 1 aliphatic heterocycles. The van der Waals surface area contributed by atoms with Gasteiger partial charge in [0.1, 0.15) is 6.26 Å². The molecule has 2 amide bonds. The van der Waals surface area contributed by atoms with E-state index >= 15 is 0 Å². The molecule has 5 heteroatoms. The van der Waals surface area contributed by atoms with Crippen molar-refractivity contribution in [2.45, 2.75) is 38.5 Å². The summed E-state index contributed by atoms with van der Waals surface area (Å²) >= 11 is 0. The van der Waals surface area contributed by atoms with Crippen LogP contribution in [0.4, 0.5) is 0 Å². The molecule has 1 saturated carbocycles. The molecule has 2 fully saturated rings. The Morgan fingerprint density at radius 2 is 1.73 bits per heavy atom. The van der Waals surface area contributed by atoms with Crippen molar-refractivity contribution in [3.8, 4) is 0 Å². The minimum atomic E-state index is -0.00636. The summed E-state index contributed by atoms with van der Waals surface area (Å²) < 4.78 is 4.96. The number of rotatable bonds is 3. The molecule has 2 aliphatic rings. The van der Waals surface area contributed by atoms with Gasteiger partial charge in [-0.3, -0.25) is 9.59 Å². The van der Waals surface area contributed by atoms with E-state index in [-0.39, 0.29) is 11.8 Å². The molecule has 1 saturated heterocycles. The molecule has 3 rings (SSSR count). The Hall–Kier alpha value is -1.78. The summed E-state index contributed by atoms with van der Waals surface area (Å²) in [6, 6.07) is 1.68. The molecule has 1 aromatic rings. The van der Waals surface area contributed by atoms with Crippen LogP contribution < -0.4 is 0 Å². The lowest BCUT2D eigenvalue weighted by molar-refractivity contribution is -0.133. The van der Waals surface area contributed by atoms with Crippen molar-refractivity contribution in [3.63, 3.8) is 0 Å². The van der Waals surface area contributed by atoms with Crippen molar-refractivity contribution in [1.29, 1.82) is 0 Å². The number of hydrogen-bond donors (Lipinski definition) is 0. The third kappa shape index (κ3) is 3.51. The SMILES string of the molecule is O=C(CC1CCCCC1)N1CCN(C(=O)c2ccoc2)CC1. The van der Waals surface area contributed by atoms with Gasteiger partial charge >= 0.3 is 0 Å². The average Bonchev–Trinajstić information content (AvgIpc) is 3.10. The highest BCUT2D eigenvalue weighted by Crippen LogP contribution is 2.27. The molecule has 0 radical (unpaired) electrons. The van der Waals surface area contributed by atoms with Gasteiger partial charge in [-0.15, -0.1) is 0 Å². The van der Waals surface area contributed by atoms with Crippen molar-refractivity contribution >= 4 is 11.8 Å². The normalized spacial score (nSPS) is 20.2. The summed E-state index contributed by atoms with van der Waals surface area (Å²) in [6.07, 6.45) is 9.93. The first-order valence-corrected chi connectivity index (χ1v) is 8.33. The topological polar surface area (TPSA) is 53.8 Å². The van der Waals surface area contributed by atoms with Crippen LogP contribution in [0.3, 0.4) is 0 Å². The summed E-state index contributed by atoms with van der Waals surface area (Å²) in [5, 5.41) is 0. The number of carbonyl (C=O) groups is 2. The number of furan rings is 1. The van der Waals surface area contributed by atoms with Crippen molar-refractivity contribution in [2.75, 3.05) is 26.2 Å². The highest BCUT2D eigenvalue weighted by Gasteiger charge is 2.27. The summed E-state index contributed by atoms with van der Waals surface area (Å²) in [6.45, 7) is 2.52. The van der Waals surface area contributed by atoms with Crippen LogP contribution >= 0.6 is 0 Å². The molecule has 1 aromatic heterocycles. The molecule has 0 N–H and O–H groups in total. The summed E-state index contributed by atoms with van der Waals surface area (Å²) in [4.78, 5) is 28.3. The second kappa shape index (κ2) is 6.99. The van der Waals surface area contributed by atoms with Gasteiger partial charge in [-0.05, 0) is 24.8 Å². The smallest absolute Gasteiger partial charge is 0.257 e. The van der Waals surface area contributed by atoms with E-state index in [1.165, 1.54) is 44.6 Å². The summed E-state index contributed by atoms with van der Waals surface area (Å²) in [5.41, 5.74) is 0.585. The van der Waals surface area contributed by atoms with E-state index in [0.717, 1.165) is 0 Å². The molecule has 0 aromatic carbocycles. The van der Waals surface area contributed by atoms with E-state index in [2.05, 4.69) is 0 Å². The third-order valence-corrected chi connectivity index (χ3v) is 4.88. The second-order valence-electron chi connectivity index (χ2n) is 6.39. The third-order valence-electron chi connectivity index (χ3n) is 4.88. The zero-order valence-electron chi connectivity index (χ0n) is 13.0. The molecule has 5 nitrogen and oxygen atoms in total. The van der Waals surface area contributed by atoms with Gasteiger partial charge in [0, 0.05) is 32.6 Å². The average molecular weight is 304 g/mol. The zero-order valence-corrected chi connectivity index (χ0v) is 13.0. The summed E-state index contributed by atoms with van der Waals surface area (Å²) in [5.74, 6) is 0.835. The Kier molecular flexibility index (Phi) is 4.80. The quantitative estimate of drug-likeness (QED) is 0.862. The first kappa shape index (κ1) is 15.1. The van der Waals surface area contributed by atoms with E-state index in [9.17, 15) is 9.59 Å². The van der Waals surface area contributed by atoms with Crippen molar-refractivity contribution < 1.29 is 14.0 Å². The molecule has 0 spiro atoms. The molecule has 2 heterocycles. The Morgan fingerprint density at radius 3 is 2.36 bits per heavy atom. The minimum absolute atomic E-state index is 0.00636. The number of piperazine rings is 1. The lowest BCUT2D eigenvalue weighted by Gasteiger charge is -2.35. The fourth-order valence-electron chi connectivity index (χ4n) is 3.49. The zero-order chi connectivity index (χ0) is 15.4. The van der Waals surface area contributed by atoms with Crippen LogP contribution in [0.1, 0.15) is 48.9 Å². The van der Waals surface area contributed by atoms with Crippen LogP contribution in [0.15, 0.2) is 23.0 Å². The molecular weight excluding hydrogens is 280 g/mol. The van der Waals surface area contributed by atoms with Crippen LogP contribution in [0.25, 0.3) is 0 Å². The standard InChI is InChI=1S/C17H24N2O3/c20-16(12-14-4-2-1-3-5-14)18-7-9-19(10-8-18)17(21)15-6-11-22-13-15/h6,11,13-14H,1-5,7-10,12H2. The highest BCUT2D eigenvalue weighted by molar-refractivity contribution is 5.94. The van der Waals surface area contributed by atoms with Crippen LogP contribution in [0.5, 0.6) is 0 Å². The predicted octanol–water partition coefficient (Wildman–Crippen LogP) is 2.53. The van der Waals surface area contributed by atoms with E-state index in [1.807, 2.05) is 4.90 Å². The first-order valence-electron chi connectivity index (χ1n) is 8.33. The Morgan fingerprint density at radius 1 is 1.05 bits per heavy atom. The van der Waals surface area contributed by atoms with E-state index < -0.39 is 0 Å². The van der Waals surface area contributed by atoms with Gasteiger partial charge in [-0.2, -0.15) is 0 Å².